The highest BCUT2D eigenvalue weighted by Gasteiger charge is 2.22. The van der Waals surface area contributed by atoms with E-state index >= 15 is 0 Å². The second-order valence-corrected chi connectivity index (χ2v) is 5.61. The maximum absolute atomic E-state index is 11.9. The first-order valence-corrected chi connectivity index (χ1v) is 7.62. The second-order valence-electron chi connectivity index (χ2n) is 4.73. The Morgan fingerprint density at radius 1 is 1.74 bits per heavy atom. The van der Waals surface area contributed by atoms with Gasteiger partial charge in [-0.3, -0.25) is 4.79 Å². The third kappa shape index (κ3) is 3.99. The lowest BCUT2D eigenvalue weighted by Crippen LogP contribution is -2.32. The van der Waals surface area contributed by atoms with Gasteiger partial charge < -0.3 is 15.2 Å². The van der Waals surface area contributed by atoms with E-state index in [1.807, 2.05) is 6.92 Å². The summed E-state index contributed by atoms with van der Waals surface area (Å²) in [6.45, 7) is 3.05. The molecule has 1 aliphatic rings. The number of aromatic nitrogens is 1. The first-order valence-electron chi connectivity index (χ1n) is 6.74. The smallest absolute Gasteiger partial charge is 0.270 e. The van der Waals surface area contributed by atoms with Gasteiger partial charge in [-0.2, -0.15) is 0 Å². The fourth-order valence-corrected chi connectivity index (χ4v) is 2.93. The fourth-order valence-electron chi connectivity index (χ4n) is 2.05. The monoisotopic (exact) mass is 284 g/mol. The Kier molecular flexibility index (Phi) is 5.30. The predicted octanol–water partition coefficient (Wildman–Crippen LogP) is 1.89. The molecule has 0 saturated carbocycles. The van der Waals surface area contributed by atoms with E-state index in [1.54, 1.807) is 5.38 Å². The molecule has 1 amide bonds. The summed E-state index contributed by atoms with van der Waals surface area (Å²) in [5.41, 5.74) is 0.416. The molecule has 2 atom stereocenters. The third-order valence-corrected chi connectivity index (χ3v) is 4.02. The summed E-state index contributed by atoms with van der Waals surface area (Å²) < 4.78 is 5.54. The number of nitrogens with one attached hydrogen (secondary N) is 1. The van der Waals surface area contributed by atoms with Gasteiger partial charge in [0.2, 0.25) is 0 Å². The number of carbonyl (C=O) groups excluding carboxylic acids is 1. The average Bonchev–Trinajstić information content (AvgIpc) is 3.06. The van der Waals surface area contributed by atoms with Gasteiger partial charge >= 0.3 is 0 Å². The SMILES string of the molecule is CCCC(O)CNC(=O)c1csc(C2CCCO2)n1. The van der Waals surface area contributed by atoms with Crippen LogP contribution in [-0.2, 0) is 4.74 Å². The molecule has 0 spiro atoms. The van der Waals surface area contributed by atoms with Crippen LogP contribution in [0.2, 0.25) is 0 Å². The maximum Gasteiger partial charge on any atom is 0.270 e. The summed E-state index contributed by atoms with van der Waals surface area (Å²) in [7, 11) is 0. The summed E-state index contributed by atoms with van der Waals surface area (Å²) in [4.78, 5) is 16.2. The van der Waals surface area contributed by atoms with Gasteiger partial charge in [0.1, 0.15) is 16.8 Å². The van der Waals surface area contributed by atoms with Crippen molar-refractivity contribution in [2.75, 3.05) is 13.2 Å². The Morgan fingerprint density at radius 3 is 3.26 bits per heavy atom. The molecular formula is C13H20N2O3S. The molecule has 19 heavy (non-hydrogen) atoms. The van der Waals surface area contributed by atoms with Gasteiger partial charge in [-0.25, -0.2) is 4.98 Å². The van der Waals surface area contributed by atoms with E-state index < -0.39 is 6.10 Å². The number of ether oxygens (including phenoxy) is 1. The number of hydrogen-bond acceptors (Lipinski definition) is 5. The van der Waals surface area contributed by atoms with Crippen LogP contribution >= 0.6 is 11.3 Å². The predicted molar refractivity (Wildman–Crippen MR) is 73.3 cm³/mol. The van der Waals surface area contributed by atoms with Crippen LogP contribution in [0.15, 0.2) is 5.38 Å². The Balaban J connectivity index is 1.85. The molecule has 1 aliphatic heterocycles. The molecule has 5 nitrogen and oxygen atoms in total. The van der Waals surface area contributed by atoms with Crippen molar-refractivity contribution in [3.63, 3.8) is 0 Å². The van der Waals surface area contributed by atoms with Crippen LogP contribution in [0.25, 0.3) is 0 Å². The first-order chi connectivity index (χ1) is 9.20. The van der Waals surface area contributed by atoms with Gasteiger partial charge in [-0.15, -0.1) is 11.3 Å². The zero-order valence-electron chi connectivity index (χ0n) is 11.1. The van der Waals surface area contributed by atoms with Crippen LogP contribution < -0.4 is 5.32 Å². The van der Waals surface area contributed by atoms with Crippen molar-refractivity contribution in [1.29, 1.82) is 0 Å². The first kappa shape index (κ1) is 14.4. The number of amides is 1. The number of nitrogens with zero attached hydrogens (tertiary/aromatic N) is 1. The molecule has 2 N–H and O–H groups in total. The number of aliphatic hydroxyl groups is 1. The molecule has 1 saturated heterocycles. The average molecular weight is 284 g/mol. The molecule has 1 fully saturated rings. The quantitative estimate of drug-likeness (QED) is 0.836. The summed E-state index contributed by atoms with van der Waals surface area (Å²) >= 11 is 1.46. The Morgan fingerprint density at radius 2 is 2.58 bits per heavy atom. The van der Waals surface area contributed by atoms with Gasteiger partial charge in [-0.05, 0) is 19.3 Å². The Hall–Kier alpha value is -0.980. The minimum absolute atomic E-state index is 0.0530. The van der Waals surface area contributed by atoms with E-state index in [0.29, 0.717) is 12.1 Å². The molecule has 0 aliphatic carbocycles. The van der Waals surface area contributed by atoms with Gasteiger partial charge in [0.05, 0.1) is 6.10 Å². The Bertz CT molecular complexity index is 416. The maximum atomic E-state index is 11.9. The van der Waals surface area contributed by atoms with Gasteiger partial charge in [0, 0.05) is 18.5 Å². The second kappa shape index (κ2) is 6.98. The van der Waals surface area contributed by atoms with Crippen molar-refractivity contribution in [2.45, 2.75) is 44.8 Å². The van der Waals surface area contributed by atoms with Crippen molar-refractivity contribution < 1.29 is 14.6 Å². The number of hydrogen-bond donors (Lipinski definition) is 2. The number of thiazole rings is 1. The largest absolute Gasteiger partial charge is 0.391 e. The molecule has 1 aromatic rings. The molecule has 6 heteroatoms. The molecule has 0 aromatic carbocycles. The lowest BCUT2D eigenvalue weighted by Gasteiger charge is -2.09. The van der Waals surface area contributed by atoms with Crippen LogP contribution in [0.4, 0.5) is 0 Å². The van der Waals surface area contributed by atoms with Crippen molar-refractivity contribution in [1.82, 2.24) is 10.3 Å². The summed E-state index contributed by atoms with van der Waals surface area (Å²) in [5.74, 6) is -0.226. The van der Waals surface area contributed by atoms with Crippen molar-refractivity contribution >= 4 is 17.2 Å². The van der Waals surface area contributed by atoms with E-state index in [2.05, 4.69) is 10.3 Å². The number of aliphatic hydroxyl groups excluding tert-OH is 1. The normalized spacial score (nSPS) is 20.4. The van der Waals surface area contributed by atoms with Gasteiger partial charge in [0.15, 0.2) is 0 Å². The van der Waals surface area contributed by atoms with Gasteiger partial charge in [-0.1, -0.05) is 13.3 Å². The van der Waals surface area contributed by atoms with E-state index in [9.17, 15) is 9.90 Å². The van der Waals surface area contributed by atoms with E-state index in [1.165, 1.54) is 11.3 Å². The van der Waals surface area contributed by atoms with Gasteiger partial charge in [0.25, 0.3) is 5.91 Å². The highest BCUT2D eigenvalue weighted by Crippen LogP contribution is 2.30. The minimum Gasteiger partial charge on any atom is -0.391 e. The van der Waals surface area contributed by atoms with Crippen LogP contribution in [0.5, 0.6) is 0 Å². The highest BCUT2D eigenvalue weighted by atomic mass is 32.1. The molecule has 0 radical (unpaired) electrons. The molecule has 2 unspecified atom stereocenters. The third-order valence-electron chi connectivity index (χ3n) is 3.08. The number of carbonyl (C=O) groups is 1. The van der Waals surface area contributed by atoms with Crippen molar-refractivity contribution in [3.05, 3.63) is 16.1 Å². The van der Waals surface area contributed by atoms with E-state index in [4.69, 9.17) is 4.74 Å². The van der Waals surface area contributed by atoms with Crippen LogP contribution in [-0.4, -0.2) is 35.3 Å². The molecule has 106 valence electrons. The lowest BCUT2D eigenvalue weighted by atomic mass is 10.2. The topological polar surface area (TPSA) is 71.5 Å². The van der Waals surface area contributed by atoms with Crippen LogP contribution in [0.1, 0.15) is 54.2 Å². The molecule has 0 bridgehead atoms. The van der Waals surface area contributed by atoms with Crippen molar-refractivity contribution in [3.8, 4) is 0 Å². The standard InChI is InChI=1S/C13H20N2O3S/c1-2-4-9(16)7-14-12(17)10-8-19-13(15-10)11-5-3-6-18-11/h8-9,11,16H,2-7H2,1H3,(H,14,17). The summed E-state index contributed by atoms with van der Waals surface area (Å²) in [6.07, 6.45) is 3.19. The molecule has 2 rings (SSSR count). The van der Waals surface area contributed by atoms with E-state index in [0.717, 1.165) is 30.9 Å². The fraction of sp³-hybridized carbons (Fsp3) is 0.692. The molecular weight excluding hydrogens is 264 g/mol. The lowest BCUT2D eigenvalue weighted by molar-refractivity contribution is 0.0903. The van der Waals surface area contributed by atoms with Crippen LogP contribution in [0, 0.1) is 0 Å². The zero-order chi connectivity index (χ0) is 13.7. The molecule has 2 heterocycles. The molecule has 1 aromatic heterocycles. The number of rotatable bonds is 6. The summed E-state index contributed by atoms with van der Waals surface area (Å²) in [5, 5.41) is 14.9. The minimum atomic E-state index is -0.481. The Labute approximate surface area is 117 Å². The van der Waals surface area contributed by atoms with Crippen molar-refractivity contribution in [2.24, 2.45) is 0 Å². The highest BCUT2D eigenvalue weighted by molar-refractivity contribution is 7.09. The van der Waals surface area contributed by atoms with E-state index in [-0.39, 0.29) is 18.6 Å². The summed E-state index contributed by atoms with van der Waals surface area (Å²) in [6, 6.07) is 0. The van der Waals surface area contributed by atoms with Crippen LogP contribution in [0.3, 0.4) is 0 Å². The zero-order valence-corrected chi connectivity index (χ0v) is 11.9.